The van der Waals surface area contributed by atoms with Crippen LogP contribution in [0, 0.1) is 11.6 Å². The number of aryl methyl sites for hydroxylation is 2. The van der Waals surface area contributed by atoms with Crippen molar-refractivity contribution in [2.45, 2.75) is 32.9 Å². The molecule has 0 fully saturated rings. The first kappa shape index (κ1) is 21.5. The molecule has 0 bridgehead atoms. The number of anilines is 1. The SMILES string of the molecule is CCCn1c(=O)n(CCC(=O)Nc2c(F)cc(F)cc2-c2ccccc2)c2ccccc21. The second-order valence-corrected chi connectivity index (χ2v) is 7.55. The third kappa shape index (κ3) is 4.19. The van der Waals surface area contributed by atoms with Crippen LogP contribution < -0.4 is 11.0 Å². The number of hydrogen-bond acceptors (Lipinski definition) is 2. The van der Waals surface area contributed by atoms with Gasteiger partial charge in [-0.15, -0.1) is 0 Å². The van der Waals surface area contributed by atoms with Crippen LogP contribution in [0.1, 0.15) is 19.8 Å². The minimum absolute atomic E-state index is 0.0366. The summed E-state index contributed by atoms with van der Waals surface area (Å²) in [5, 5.41) is 2.57. The Labute approximate surface area is 183 Å². The van der Waals surface area contributed by atoms with Crippen LogP contribution >= 0.6 is 0 Å². The second kappa shape index (κ2) is 9.18. The van der Waals surface area contributed by atoms with Gasteiger partial charge in [0.15, 0.2) is 0 Å². The summed E-state index contributed by atoms with van der Waals surface area (Å²) < 4.78 is 31.7. The molecule has 4 rings (SSSR count). The zero-order chi connectivity index (χ0) is 22.7. The lowest BCUT2D eigenvalue weighted by atomic mass is 10.0. The van der Waals surface area contributed by atoms with Crippen LogP contribution in [0.15, 0.2) is 71.5 Å². The van der Waals surface area contributed by atoms with E-state index in [1.54, 1.807) is 39.5 Å². The van der Waals surface area contributed by atoms with E-state index in [4.69, 9.17) is 0 Å². The largest absolute Gasteiger partial charge is 0.329 e. The first-order chi connectivity index (χ1) is 15.5. The summed E-state index contributed by atoms with van der Waals surface area (Å²) in [5.74, 6) is -2.05. The van der Waals surface area contributed by atoms with Gasteiger partial charge in [0.25, 0.3) is 0 Å². The van der Waals surface area contributed by atoms with Gasteiger partial charge in [-0.1, -0.05) is 49.4 Å². The van der Waals surface area contributed by atoms with E-state index < -0.39 is 17.5 Å². The zero-order valence-corrected chi connectivity index (χ0v) is 17.6. The van der Waals surface area contributed by atoms with Crippen molar-refractivity contribution < 1.29 is 13.6 Å². The van der Waals surface area contributed by atoms with Crippen LogP contribution in [-0.4, -0.2) is 15.0 Å². The van der Waals surface area contributed by atoms with E-state index >= 15 is 0 Å². The molecule has 32 heavy (non-hydrogen) atoms. The van der Waals surface area contributed by atoms with Crippen molar-refractivity contribution in [2.24, 2.45) is 0 Å². The molecule has 1 N–H and O–H groups in total. The van der Waals surface area contributed by atoms with Gasteiger partial charge in [-0.3, -0.25) is 13.9 Å². The molecule has 0 saturated carbocycles. The lowest BCUT2D eigenvalue weighted by Crippen LogP contribution is -2.26. The van der Waals surface area contributed by atoms with Crippen LogP contribution in [0.25, 0.3) is 22.2 Å². The number of halogens is 2. The normalized spacial score (nSPS) is 11.1. The van der Waals surface area contributed by atoms with Gasteiger partial charge in [-0.25, -0.2) is 13.6 Å². The first-order valence-corrected chi connectivity index (χ1v) is 10.5. The number of amides is 1. The molecule has 1 heterocycles. The standard InChI is InChI=1S/C25H23F2N3O2/c1-2-13-29-21-10-6-7-11-22(21)30(25(29)32)14-12-23(31)28-24-19(15-18(26)16-20(24)27)17-8-4-3-5-9-17/h3-11,15-16H,2,12-14H2,1H3,(H,28,31). The molecule has 1 aromatic heterocycles. The van der Waals surface area contributed by atoms with Crippen LogP contribution in [0.3, 0.4) is 0 Å². The number of imidazole rings is 1. The fraction of sp³-hybridized carbons (Fsp3) is 0.200. The van der Waals surface area contributed by atoms with Crippen molar-refractivity contribution in [2.75, 3.05) is 5.32 Å². The molecule has 0 unspecified atom stereocenters. The zero-order valence-electron chi connectivity index (χ0n) is 17.6. The van der Waals surface area contributed by atoms with Crippen LogP contribution in [0.2, 0.25) is 0 Å². The Balaban J connectivity index is 1.59. The Morgan fingerprint density at radius 1 is 0.906 bits per heavy atom. The number of carbonyl (C=O) groups excluding carboxylic acids is 1. The Morgan fingerprint density at radius 2 is 1.53 bits per heavy atom. The average Bonchev–Trinajstić information content (AvgIpc) is 3.06. The van der Waals surface area contributed by atoms with Crippen molar-refractivity contribution in [3.8, 4) is 11.1 Å². The van der Waals surface area contributed by atoms with E-state index in [9.17, 15) is 18.4 Å². The molecule has 1 amide bonds. The van der Waals surface area contributed by atoms with Gasteiger partial charge in [0.05, 0.1) is 16.7 Å². The molecule has 7 heteroatoms. The smallest absolute Gasteiger partial charge is 0.323 e. The Kier molecular flexibility index (Phi) is 6.16. The molecular formula is C25H23F2N3O2. The van der Waals surface area contributed by atoms with E-state index in [0.29, 0.717) is 12.1 Å². The number of carbonyl (C=O) groups is 1. The summed E-state index contributed by atoms with van der Waals surface area (Å²) in [7, 11) is 0. The molecule has 3 aromatic carbocycles. The van der Waals surface area contributed by atoms with Crippen LogP contribution in [0.4, 0.5) is 14.5 Å². The highest BCUT2D eigenvalue weighted by molar-refractivity contribution is 5.95. The van der Waals surface area contributed by atoms with E-state index in [-0.39, 0.29) is 29.9 Å². The molecule has 0 atom stereocenters. The predicted octanol–water partition coefficient (Wildman–Crippen LogP) is 5.19. The lowest BCUT2D eigenvalue weighted by molar-refractivity contribution is -0.116. The van der Waals surface area contributed by atoms with Crippen LogP contribution in [-0.2, 0) is 17.9 Å². The second-order valence-electron chi connectivity index (χ2n) is 7.55. The van der Waals surface area contributed by atoms with E-state index in [0.717, 1.165) is 23.5 Å². The monoisotopic (exact) mass is 435 g/mol. The number of fused-ring (bicyclic) bond motifs is 1. The molecular weight excluding hydrogens is 412 g/mol. The molecule has 0 aliphatic rings. The summed E-state index contributed by atoms with van der Waals surface area (Å²) >= 11 is 0. The van der Waals surface area contributed by atoms with Crippen molar-refractivity contribution in [1.29, 1.82) is 0 Å². The number of aromatic nitrogens is 2. The summed E-state index contributed by atoms with van der Waals surface area (Å²) in [6.45, 7) is 2.72. The van der Waals surface area contributed by atoms with Gasteiger partial charge in [0.2, 0.25) is 5.91 Å². The number of nitrogens with zero attached hydrogens (tertiary/aromatic N) is 2. The van der Waals surface area contributed by atoms with Gasteiger partial charge in [-0.05, 0) is 30.2 Å². The maximum atomic E-state index is 14.6. The van der Waals surface area contributed by atoms with Gasteiger partial charge >= 0.3 is 5.69 Å². The third-order valence-electron chi connectivity index (χ3n) is 5.34. The molecule has 0 spiro atoms. The number of benzene rings is 3. The van der Waals surface area contributed by atoms with Crippen molar-refractivity contribution in [1.82, 2.24) is 9.13 Å². The molecule has 0 saturated heterocycles. The van der Waals surface area contributed by atoms with Gasteiger partial charge in [-0.2, -0.15) is 0 Å². The van der Waals surface area contributed by atoms with Crippen molar-refractivity contribution in [3.63, 3.8) is 0 Å². The predicted molar refractivity (Wildman–Crippen MR) is 122 cm³/mol. The summed E-state index contributed by atoms with van der Waals surface area (Å²) in [4.78, 5) is 25.6. The summed E-state index contributed by atoms with van der Waals surface area (Å²) in [6.07, 6.45) is 0.769. The van der Waals surface area contributed by atoms with Crippen molar-refractivity contribution in [3.05, 3.63) is 88.8 Å². The minimum Gasteiger partial charge on any atom is -0.323 e. The molecule has 0 aliphatic carbocycles. The summed E-state index contributed by atoms with van der Waals surface area (Å²) in [5.41, 5.74) is 2.14. The number of nitrogens with one attached hydrogen (secondary N) is 1. The highest BCUT2D eigenvalue weighted by Crippen LogP contribution is 2.31. The topological polar surface area (TPSA) is 56.0 Å². The van der Waals surface area contributed by atoms with Crippen molar-refractivity contribution >= 4 is 22.6 Å². The van der Waals surface area contributed by atoms with Gasteiger partial charge in [0.1, 0.15) is 11.6 Å². The van der Waals surface area contributed by atoms with E-state index in [1.165, 1.54) is 6.07 Å². The molecule has 0 aliphatic heterocycles. The number of rotatable bonds is 7. The highest BCUT2D eigenvalue weighted by Gasteiger charge is 2.17. The van der Waals surface area contributed by atoms with Gasteiger partial charge < -0.3 is 5.32 Å². The Morgan fingerprint density at radius 3 is 2.19 bits per heavy atom. The average molecular weight is 435 g/mol. The van der Waals surface area contributed by atoms with E-state index in [2.05, 4.69) is 5.32 Å². The Bertz CT molecular complexity index is 1330. The first-order valence-electron chi connectivity index (χ1n) is 10.5. The lowest BCUT2D eigenvalue weighted by Gasteiger charge is -2.13. The highest BCUT2D eigenvalue weighted by atomic mass is 19.1. The molecule has 0 radical (unpaired) electrons. The van der Waals surface area contributed by atoms with E-state index in [1.807, 2.05) is 31.2 Å². The molecule has 164 valence electrons. The fourth-order valence-electron chi connectivity index (χ4n) is 3.89. The molecule has 4 aromatic rings. The maximum absolute atomic E-state index is 14.6. The summed E-state index contributed by atoms with van der Waals surface area (Å²) in [6, 6.07) is 18.1. The van der Waals surface area contributed by atoms with Gasteiger partial charge in [0, 0.05) is 31.1 Å². The number of hydrogen-bond donors (Lipinski definition) is 1. The quantitative estimate of drug-likeness (QED) is 0.435. The third-order valence-corrected chi connectivity index (χ3v) is 5.34. The maximum Gasteiger partial charge on any atom is 0.329 e. The fourth-order valence-corrected chi connectivity index (χ4v) is 3.89. The number of para-hydroxylation sites is 2. The van der Waals surface area contributed by atoms with Crippen LogP contribution in [0.5, 0.6) is 0 Å². The Hall–Kier alpha value is -3.74. The molecule has 5 nitrogen and oxygen atoms in total. The minimum atomic E-state index is -0.853.